The molecule has 0 radical (unpaired) electrons. The number of carboxylic acid groups (broad SMARTS) is 1. The predicted octanol–water partition coefficient (Wildman–Crippen LogP) is 5.95. The lowest BCUT2D eigenvalue weighted by atomic mass is 9.85. The van der Waals surface area contributed by atoms with E-state index in [1.54, 1.807) is 31.2 Å². The molecule has 1 aliphatic heterocycles. The van der Waals surface area contributed by atoms with Gasteiger partial charge in [-0.2, -0.15) is 0 Å². The molecule has 9 nitrogen and oxygen atoms in total. The van der Waals surface area contributed by atoms with Gasteiger partial charge in [-0.15, -0.1) is 0 Å². The van der Waals surface area contributed by atoms with E-state index in [0.717, 1.165) is 0 Å². The molecule has 3 N–H and O–H groups in total. The number of furan rings is 1. The Morgan fingerprint density at radius 2 is 1.73 bits per heavy atom. The van der Waals surface area contributed by atoms with Gasteiger partial charge in [0.05, 0.1) is 35.1 Å². The first-order valence-corrected chi connectivity index (χ1v) is 13.1. The maximum Gasteiger partial charge on any atom is 0.337 e. The molecule has 0 fully saturated rings. The van der Waals surface area contributed by atoms with Crippen LogP contribution in [0.4, 0.5) is 22.7 Å². The normalized spacial score (nSPS) is 13.9. The van der Waals surface area contributed by atoms with Crippen LogP contribution in [-0.2, 0) is 6.54 Å². The van der Waals surface area contributed by atoms with Crippen LogP contribution in [0.2, 0.25) is 5.02 Å². The summed E-state index contributed by atoms with van der Waals surface area (Å²) in [7, 11) is 0. The molecule has 40 heavy (non-hydrogen) atoms. The fourth-order valence-corrected chi connectivity index (χ4v) is 5.33. The third kappa shape index (κ3) is 4.46. The molecule has 0 bridgehead atoms. The number of nitrogens with one attached hydrogen (secondary N) is 2. The molecule has 0 saturated carbocycles. The fourth-order valence-electron chi connectivity index (χ4n) is 5.11. The van der Waals surface area contributed by atoms with Crippen molar-refractivity contribution in [1.82, 2.24) is 0 Å². The highest BCUT2D eigenvalue weighted by atomic mass is 35.5. The summed E-state index contributed by atoms with van der Waals surface area (Å²) in [4.78, 5) is 52.5. The number of amides is 1. The van der Waals surface area contributed by atoms with Crippen molar-refractivity contribution in [3.05, 3.63) is 102 Å². The van der Waals surface area contributed by atoms with Crippen molar-refractivity contribution in [3.8, 4) is 0 Å². The minimum absolute atomic E-state index is 0.0119. The molecule has 1 aliphatic rings. The second-order valence-corrected chi connectivity index (χ2v) is 11.4. The van der Waals surface area contributed by atoms with E-state index < -0.39 is 28.8 Å². The fraction of sp³-hybridized carbons (Fsp3) is 0.267. The molecule has 206 valence electrons. The van der Waals surface area contributed by atoms with Crippen molar-refractivity contribution in [3.63, 3.8) is 0 Å². The van der Waals surface area contributed by atoms with E-state index in [2.05, 4.69) is 10.6 Å². The maximum atomic E-state index is 13.7. The third-order valence-corrected chi connectivity index (χ3v) is 7.49. The second-order valence-electron chi connectivity index (χ2n) is 11.0. The van der Waals surface area contributed by atoms with Gasteiger partial charge >= 0.3 is 5.97 Å². The number of hydrogen-bond donors (Lipinski definition) is 3. The summed E-state index contributed by atoms with van der Waals surface area (Å²) in [5, 5.41) is 16.3. The van der Waals surface area contributed by atoms with Crippen LogP contribution >= 0.6 is 11.6 Å². The Labute approximate surface area is 235 Å². The van der Waals surface area contributed by atoms with Crippen molar-refractivity contribution in [2.24, 2.45) is 5.41 Å². The van der Waals surface area contributed by atoms with Gasteiger partial charge in [0.25, 0.3) is 16.8 Å². The van der Waals surface area contributed by atoms with Crippen LogP contribution in [0.1, 0.15) is 70.2 Å². The van der Waals surface area contributed by atoms with E-state index in [0.29, 0.717) is 27.7 Å². The number of rotatable bonds is 7. The number of hydrogen-bond acceptors (Lipinski definition) is 7. The summed E-state index contributed by atoms with van der Waals surface area (Å²) < 4.78 is 5.83. The van der Waals surface area contributed by atoms with Crippen molar-refractivity contribution in [1.29, 1.82) is 0 Å². The summed E-state index contributed by atoms with van der Waals surface area (Å²) in [5.41, 5.74) is 0.206. The Kier molecular flexibility index (Phi) is 6.58. The van der Waals surface area contributed by atoms with Crippen molar-refractivity contribution < 1.29 is 19.1 Å². The van der Waals surface area contributed by atoms with Crippen LogP contribution in [0.15, 0.2) is 56.5 Å². The second kappa shape index (κ2) is 9.67. The number of carboxylic acids is 1. The lowest BCUT2D eigenvalue weighted by Crippen LogP contribution is -2.39. The third-order valence-electron chi connectivity index (χ3n) is 7.14. The minimum Gasteiger partial charge on any atom is -0.478 e. The summed E-state index contributed by atoms with van der Waals surface area (Å²) >= 11 is 6.48. The van der Waals surface area contributed by atoms with Crippen molar-refractivity contribution in [2.75, 3.05) is 15.5 Å². The van der Waals surface area contributed by atoms with Crippen LogP contribution < -0.4 is 26.4 Å². The molecule has 5 rings (SSSR count). The van der Waals surface area contributed by atoms with E-state index >= 15 is 0 Å². The van der Waals surface area contributed by atoms with Gasteiger partial charge < -0.3 is 25.1 Å². The van der Waals surface area contributed by atoms with Gasteiger partial charge in [0.1, 0.15) is 22.9 Å². The Morgan fingerprint density at radius 3 is 2.35 bits per heavy atom. The zero-order valence-corrected chi connectivity index (χ0v) is 23.4. The highest BCUT2D eigenvalue weighted by Crippen LogP contribution is 2.42. The van der Waals surface area contributed by atoms with Crippen LogP contribution in [0.3, 0.4) is 0 Å². The lowest BCUT2D eigenvalue weighted by molar-refractivity contribution is 0.0697. The number of nitrogens with zero attached hydrogens (tertiary/aromatic N) is 1. The van der Waals surface area contributed by atoms with E-state index in [1.165, 1.54) is 11.0 Å². The van der Waals surface area contributed by atoms with Gasteiger partial charge in [-0.1, -0.05) is 44.5 Å². The van der Waals surface area contributed by atoms with Crippen molar-refractivity contribution in [2.45, 2.75) is 47.2 Å². The van der Waals surface area contributed by atoms with Gasteiger partial charge in [-0.3, -0.25) is 14.4 Å². The Balaban J connectivity index is 1.53. The number of halogens is 1. The van der Waals surface area contributed by atoms with Gasteiger partial charge in [0.15, 0.2) is 0 Å². The van der Waals surface area contributed by atoms with E-state index in [9.17, 15) is 24.3 Å². The average molecular weight is 562 g/mol. The molecule has 1 amide bonds. The molecular formula is C30H28ClN3O6. The summed E-state index contributed by atoms with van der Waals surface area (Å²) in [5.74, 6) is -0.293. The van der Waals surface area contributed by atoms with Gasteiger partial charge in [0.2, 0.25) is 0 Å². The van der Waals surface area contributed by atoms with Crippen LogP contribution in [0.25, 0.3) is 0 Å². The Bertz CT molecular complexity index is 1760. The topological polar surface area (TPSA) is 129 Å². The molecule has 0 aliphatic carbocycles. The van der Waals surface area contributed by atoms with E-state index in [1.807, 2.05) is 39.8 Å². The Morgan fingerprint density at radius 1 is 1.02 bits per heavy atom. The standard InChI is InChI=1S/C30H28ClN3O6/c1-14-7-6-8-16(29(38)39)24(14)34-13-17-18(31)10-11-19(21(17)28(34)37)32-22-23(26(36)25(22)35)33-27(30(3,4)5)20-12-9-15(2)40-20/h6-12,27,32-33H,13H2,1-5H3,(H,38,39)/t27-/m0/s1. The summed E-state index contributed by atoms with van der Waals surface area (Å²) in [6.45, 7) is 9.55. The van der Waals surface area contributed by atoms with E-state index in [4.69, 9.17) is 16.0 Å². The highest BCUT2D eigenvalue weighted by molar-refractivity contribution is 6.33. The number of aromatic carboxylic acids is 1. The van der Waals surface area contributed by atoms with Gasteiger partial charge in [-0.05, 0) is 55.2 Å². The number of para-hydroxylation sites is 1. The first-order valence-electron chi connectivity index (χ1n) is 12.7. The van der Waals surface area contributed by atoms with Crippen molar-refractivity contribution >= 4 is 46.2 Å². The average Bonchev–Trinajstić information content (AvgIpc) is 3.47. The molecule has 1 aromatic heterocycles. The number of carbonyl (C=O) groups is 2. The number of anilines is 4. The largest absolute Gasteiger partial charge is 0.478 e. The smallest absolute Gasteiger partial charge is 0.337 e. The van der Waals surface area contributed by atoms with Crippen LogP contribution in [0.5, 0.6) is 0 Å². The molecule has 10 heteroatoms. The Hall–Kier alpha value is -4.37. The summed E-state index contributed by atoms with van der Waals surface area (Å²) in [6, 6.07) is 11.2. The van der Waals surface area contributed by atoms with Crippen LogP contribution in [-0.4, -0.2) is 17.0 Å². The minimum atomic E-state index is -1.16. The number of carbonyl (C=O) groups excluding carboxylic acids is 1. The van der Waals surface area contributed by atoms with Gasteiger partial charge in [0, 0.05) is 10.6 Å². The highest BCUT2D eigenvalue weighted by Gasteiger charge is 2.37. The lowest BCUT2D eigenvalue weighted by Gasteiger charge is -2.31. The molecule has 0 spiro atoms. The molecule has 1 atom stereocenters. The molecule has 3 aromatic carbocycles. The zero-order valence-electron chi connectivity index (χ0n) is 22.6. The first kappa shape index (κ1) is 27.2. The van der Waals surface area contributed by atoms with E-state index in [-0.39, 0.29) is 45.8 Å². The molecule has 0 saturated heterocycles. The first-order chi connectivity index (χ1) is 18.8. The quantitative estimate of drug-likeness (QED) is 0.236. The predicted molar refractivity (Wildman–Crippen MR) is 154 cm³/mol. The molecular weight excluding hydrogens is 534 g/mol. The number of benzene rings is 2. The molecule has 2 heterocycles. The number of fused-ring (bicyclic) bond motifs is 1. The number of aryl methyl sites for hydroxylation is 2. The maximum absolute atomic E-state index is 13.7. The monoisotopic (exact) mass is 561 g/mol. The zero-order chi connectivity index (χ0) is 29.1. The summed E-state index contributed by atoms with van der Waals surface area (Å²) in [6.07, 6.45) is 0. The molecule has 0 unspecified atom stereocenters. The molecule has 4 aromatic rings. The SMILES string of the molecule is Cc1ccc([C@H](Nc2c(Nc3ccc(Cl)c4c3C(=O)N(c3c(C)cccc3C(=O)O)C4)c(=O)c2=O)C(C)(C)C)o1. The van der Waals surface area contributed by atoms with Gasteiger partial charge in [-0.25, -0.2) is 4.79 Å². The van der Waals surface area contributed by atoms with Crippen LogP contribution in [0, 0.1) is 19.3 Å².